The molecule has 142 valence electrons. The molecule has 0 aliphatic rings. The van der Waals surface area contributed by atoms with Crippen LogP contribution in [0.2, 0.25) is 0 Å². The second kappa shape index (κ2) is 7.94. The number of nitrogens with zero attached hydrogens (tertiary/aromatic N) is 3. The number of carbonyl (C=O) groups excluding carboxylic acids is 1. The molecule has 3 aromatic rings. The van der Waals surface area contributed by atoms with Crippen LogP contribution in [0.5, 0.6) is 0 Å². The van der Waals surface area contributed by atoms with Gasteiger partial charge < -0.3 is 4.74 Å². The average Bonchev–Trinajstić information content (AvgIpc) is 3.07. The Morgan fingerprint density at radius 3 is 2.32 bits per heavy atom. The number of sulfonamides is 1. The van der Waals surface area contributed by atoms with E-state index in [1.165, 1.54) is 16.8 Å². The van der Waals surface area contributed by atoms with Crippen LogP contribution in [0.4, 0.5) is 5.82 Å². The summed E-state index contributed by atoms with van der Waals surface area (Å²) in [6.45, 7) is 1.71. The molecule has 0 bridgehead atoms. The molecule has 0 saturated carbocycles. The molecule has 0 saturated heterocycles. The highest BCUT2D eigenvalue weighted by atomic mass is 32.2. The van der Waals surface area contributed by atoms with E-state index in [4.69, 9.17) is 4.74 Å². The maximum atomic E-state index is 12.8. The van der Waals surface area contributed by atoms with Gasteiger partial charge in [0.2, 0.25) is 0 Å². The highest BCUT2D eigenvalue weighted by Crippen LogP contribution is 2.26. The minimum absolute atomic E-state index is 0.0115. The first-order chi connectivity index (χ1) is 13.5. The van der Waals surface area contributed by atoms with E-state index in [9.17, 15) is 18.5 Å². The Labute approximate surface area is 162 Å². The van der Waals surface area contributed by atoms with Gasteiger partial charge in [-0.15, -0.1) is 0 Å². The molecule has 0 atom stereocenters. The van der Waals surface area contributed by atoms with E-state index in [1.54, 1.807) is 55.5 Å². The third-order valence-corrected chi connectivity index (χ3v) is 5.11. The number of hydrogen-bond donors (Lipinski definition) is 1. The number of rotatable bonds is 6. The predicted octanol–water partition coefficient (Wildman–Crippen LogP) is 2.72. The third kappa shape index (κ3) is 3.72. The monoisotopic (exact) mass is 396 g/mol. The lowest BCUT2D eigenvalue weighted by Crippen LogP contribution is -2.16. The summed E-state index contributed by atoms with van der Waals surface area (Å²) in [7, 11) is -4.02. The Bertz CT molecular complexity index is 1130. The van der Waals surface area contributed by atoms with E-state index in [1.807, 2.05) is 6.07 Å². The molecule has 8 nitrogen and oxygen atoms in total. The van der Waals surface area contributed by atoms with Gasteiger partial charge in [-0.2, -0.15) is 10.4 Å². The lowest BCUT2D eigenvalue weighted by molar-refractivity contribution is 0.0518. The van der Waals surface area contributed by atoms with Crippen molar-refractivity contribution in [2.75, 3.05) is 11.3 Å². The number of ether oxygens (including phenoxy) is 1. The smallest absolute Gasteiger partial charge is 0.360 e. The molecule has 0 aliphatic carbocycles. The van der Waals surface area contributed by atoms with Gasteiger partial charge in [0.05, 0.1) is 17.2 Å². The van der Waals surface area contributed by atoms with Crippen molar-refractivity contribution in [2.45, 2.75) is 11.8 Å². The zero-order valence-electron chi connectivity index (χ0n) is 14.9. The van der Waals surface area contributed by atoms with E-state index in [2.05, 4.69) is 9.82 Å². The predicted molar refractivity (Wildman–Crippen MR) is 101 cm³/mol. The summed E-state index contributed by atoms with van der Waals surface area (Å²) in [5.41, 5.74) is -0.0129. The van der Waals surface area contributed by atoms with Gasteiger partial charge in [-0.3, -0.25) is 4.72 Å². The zero-order valence-corrected chi connectivity index (χ0v) is 15.7. The maximum absolute atomic E-state index is 12.8. The van der Waals surface area contributed by atoms with Crippen molar-refractivity contribution in [3.63, 3.8) is 0 Å². The topological polar surface area (TPSA) is 114 Å². The number of nitrogens with one attached hydrogen (secondary N) is 1. The van der Waals surface area contributed by atoms with Crippen LogP contribution in [0.3, 0.4) is 0 Å². The van der Waals surface area contributed by atoms with E-state index < -0.39 is 16.0 Å². The summed E-state index contributed by atoms with van der Waals surface area (Å²) in [4.78, 5) is 12.2. The van der Waals surface area contributed by atoms with E-state index in [-0.39, 0.29) is 28.6 Å². The molecular formula is C19H16N4O4S. The fraction of sp³-hybridized carbons (Fsp3) is 0.105. The van der Waals surface area contributed by atoms with Crippen molar-refractivity contribution >= 4 is 21.8 Å². The van der Waals surface area contributed by atoms with Gasteiger partial charge in [0.25, 0.3) is 10.0 Å². The van der Waals surface area contributed by atoms with Crippen LogP contribution < -0.4 is 4.72 Å². The lowest BCUT2D eigenvalue weighted by atomic mass is 10.2. The quantitative estimate of drug-likeness (QED) is 0.641. The normalized spacial score (nSPS) is 10.9. The van der Waals surface area contributed by atoms with Gasteiger partial charge in [-0.1, -0.05) is 36.4 Å². The van der Waals surface area contributed by atoms with Crippen molar-refractivity contribution in [1.82, 2.24) is 9.78 Å². The molecular weight excluding hydrogens is 380 g/mol. The molecule has 0 amide bonds. The Morgan fingerprint density at radius 2 is 1.75 bits per heavy atom. The Kier molecular flexibility index (Phi) is 5.42. The van der Waals surface area contributed by atoms with Crippen LogP contribution in [-0.4, -0.2) is 30.8 Å². The summed E-state index contributed by atoms with van der Waals surface area (Å²) >= 11 is 0. The van der Waals surface area contributed by atoms with Crippen LogP contribution in [0.1, 0.15) is 23.0 Å². The van der Waals surface area contributed by atoms with Crippen molar-refractivity contribution in [2.24, 2.45) is 0 Å². The molecule has 0 aliphatic heterocycles. The molecule has 1 heterocycles. The Balaban J connectivity index is 2.18. The number of nitriles is 1. The standard InChI is InChI=1S/C19H16N4O4S/c1-2-27-19(24)17-16(13-20)18(23(21-17)14-9-5-3-6-10-14)22-28(25,26)15-11-7-4-8-12-15/h3-12,22H,2H2,1H3. The van der Waals surface area contributed by atoms with Gasteiger partial charge >= 0.3 is 5.97 Å². The first-order valence-corrected chi connectivity index (χ1v) is 9.79. The summed E-state index contributed by atoms with van der Waals surface area (Å²) in [5.74, 6) is -0.950. The molecule has 9 heteroatoms. The van der Waals surface area contributed by atoms with Crippen LogP contribution in [-0.2, 0) is 14.8 Å². The third-order valence-electron chi connectivity index (χ3n) is 3.75. The van der Waals surface area contributed by atoms with Gasteiger partial charge in [-0.25, -0.2) is 17.9 Å². The van der Waals surface area contributed by atoms with Crippen molar-refractivity contribution in [3.05, 3.63) is 71.9 Å². The minimum atomic E-state index is -4.02. The van der Waals surface area contributed by atoms with Crippen LogP contribution in [0.15, 0.2) is 65.6 Å². The fourth-order valence-electron chi connectivity index (χ4n) is 2.50. The van der Waals surface area contributed by atoms with Crippen molar-refractivity contribution in [1.29, 1.82) is 5.26 Å². The number of para-hydroxylation sites is 1. The molecule has 0 fully saturated rings. The maximum Gasteiger partial charge on any atom is 0.360 e. The summed E-state index contributed by atoms with van der Waals surface area (Å²) in [6.07, 6.45) is 0. The van der Waals surface area contributed by atoms with Gasteiger partial charge in [-0.05, 0) is 31.2 Å². The summed E-state index contributed by atoms with van der Waals surface area (Å²) in [5, 5.41) is 13.7. The number of benzene rings is 2. The van der Waals surface area contributed by atoms with Gasteiger partial charge in [0.15, 0.2) is 11.5 Å². The number of anilines is 1. The molecule has 28 heavy (non-hydrogen) atoms. The minimum Gasteiger partial charge on any atom is -0.461 e. The van der Waals surface area contributed by atoms with Crippen LogP contribution >= 0.6 is 0 Å². The zero-order chi connectivity index (χ0) is 20.1. The summed E-state index contributed by atoms with van der Waals surface area (Å²) in [6, 6.07) is 18.1. The van der Waals surface area contributed by atoms with Crippen LogP contribution in [0, 0.1) is 11.3 Å². The molecule has 1 aromatic heterocycles. The molecule has 2 aromatic carbocycles. The Hall–Kier alpha value is -3.64. The highest BCUT2D eigenvalue weighted by molar-refractivity contribution is 7.92. The van der Waals surface area contributed by atoms with E-state index >= 15 is 0 Å². The second-order valence-corrected chi connectivity index (χ2v) is 7.25. The first-order valence-electron chi connectivity index (χ1n) is 8.31. The number of hydrogen-bond acceptors (Lipinski definition) is 6. The first kappa shape index (κ1) is 19.1. The Morgan fingerprint density at radius 1 is 1.14 bits per heavy atom. The van der Waals surface area contributed by atoms with Gasteiger partial charge in [0, 0.05) is 0 Å². The molecule has 0 unspecified atom stereocenters. The van der Waals surface area contributed by atoms with E-state index in [0.29, 0.717) is 5.69 Å². The number of esters is 1. The van der Waals surface area contributed by atoms with E-state index in [0.717, 1.165) is 0 Å². The highest BCUT2D eigenvalue weighted by Gasteiger charge is 2.28. The van der Waals surface area contributed by atoms with Crippen molar-refractivity contribution in [3.8, 4) is 11.8 Å². The van der Waals surface area contributed by atoms with Crippen LogP contribution in [0.25, 0.3) is 5.69 Å². The molecule has 0 spiro atoms. The average molecular weight is 396 g/mol. The van der Waals surface area contributed by atoms with Gasteiger partial charge in [0.1, 0.15) is 11.6 Å². The number of aromatic nitrogens is 2. The largest absolute Gasteiger partial charge is 0.461 e. The summed E-state index contributed by atoms with van der Waals surface area (Å²) < 4.78 is 34.1. The van der Waals surface area contributed by atoms with Crippen molar-refractivity contribution < 1.29 is 17.9 Å². The molecule has 0 radical (unpaired) electrons. The fourth-order valence-corrected chi connectivity index (χ4v) is 3.58. The molecule has 1 N–H and O–H groups in total. The molecule has 3 rings (SSSR count). The number of carbonyl (C=O) groups is 1. The SMILES string of the molecule is CCOC(=O)c1nn(-c2ccccc2)c(NS(=O)(=O)c2ccccc2)c1C#N. The second-order valence-electron chi connectivity index (χ2n) is 5.57. The lowest BCUT2D eigenvalue weighted by Gasteiger charge is -2.11.